The van der Waals surface area contributed by atoms with Crippen LogP contribution >= 0.6 is 15.9 Å². The number of rotatable bonds is 3. The van der Waals surface area contributed by atoms with Crippen molar-refractivity contribution in [3.8, 4) is 0 Å². The van der Waals surface area contributed by atoms with Gasteiger partial charge in [-0.1, -0.05) is 58.7 Å². The molecule has 1 aliphatic carbocycles. The first kappa shape index (κ1) is 13.8. The highest BCUT2D eigenvalue weighted by molar-refractivity contribution is 9.10. The summed E-state index contributed by atoms with van der Waals surface area (Å²) >= 11 is 3.53. The highest BCUT2D eigenvalue weighted by Crippen LogP contribution is 2.36. The molecule has 0 radical (unpaired) electrons. The first-order valence-corrected chi connectivity index (χ1v) is 8.06. The summed E-state index contributed by atoms with van der Waals surface area (Å²) in [5.74, 6) is 0.787. The van der Waals surface area contributed by atoms with Gasteiger partial charge in [0.15, 0.2) is 0 Å². The van der Waals surface area contributed by atoms with Gasteiger partial charge >= 0.3 is 0 Å². The molecule has 1 aliphatic rings. The van der Waals surface area contributed by atoms with Crippen LogP contribution in [-0.4, -0.2) is 0 Å². The number of hydrogen-bond donors (Lipinski definition) is 1. The predicted octanol–water partition coefficient (Wildman–Crippen LogP) is 5.07. The van der Waals surface area contributed by atoms with Crippen LogP contribution in [0.1, 0.15) is 53.5 Å². The van der Waals surface area contributed by atoms with E-state index < -0.39 is 0 Å². The molecule has 2 N–H and O–H groups in total. The minimum Gasteiger partial charge on any atom is -0.320 e. The fraction of sp³-hybridized carbons (Fsp3) is 0.333. The second-order valence-electron chi connectivity index (χ2n) is 5.78. The van der Waals surface area contributed by atoms with Crippen molar-refractivity contribution in [3.63, 3.8) is 0 Å². The lowest BCUT2D eigenvalue weighted by Gasteiger charge is -2.26. The first-order chi connectivity index (χ1) is 9.65. The SMILES string of the molecule is Cc1cc(C(N)c2ccc(C3CCC3)cc2)ccc1Br. The average molecular weight is 330 g/mol. The van der Waals surface area contributed by atoms with Gasteiger partial charge in [-0.3, -0.25) is 0 Å². The summed E-state index contributed by atoms with van der Waals surface area (Å²) in [6.07, 6.45) is 4.07. The number of halogens is 1. The third kappa shape index (κ3) is 2.68. The van der Waals surface area contributed by atoms with E-state index >= 15 is 0 Å². The molecule has 1 fully saturated rings. The Morgan fingerprint density at radius 3 is 2.25 bits per heavy atom. The van der Waals surface area contributed by atoms with E-state index in [1.807, 2.05) is 0 Å². The second kappa shape index (κ2) is 5.71. The van der Waals surface area contributed by atoms with Crippen LogP contribution in [0.2, 0.25) is 0 Å². The lowest BCUT2D eigenvalue weighted by atomic mass is 9.79. The predicted molar refractivity (Wildman–Crippen MR) is 87.9 cm³/mol. The van der Waals surface area contributed by atoms with E-state index in [1.54, 1.807) is 0 Å². The van der Waals surface area contributed by atoms with Gasteiger partial charge in [-0.25, -0.2) is 0 Å². The lowest BCUT2D eigenvalue weighted by molar-refractivity contribution is 0.419. The molecule has 1 unspecified atom stereocenters. The van der Waals surface area contributed by atoms with Crippen LogP contribution in [0.5, 0.6) is 0 Å². The summed E-state index contributed by atoms with van der Waals surface area (Å²) in [7, 11) is 0. The van der Waals surface area contributed by atoms with E-state index in [2.05, 4.69) is 65.3 Å². The van der Waals surface area contributed by atoms with Crippen LogP contribution in [0, 0.1) is 6.92 Å². The first-order valence-electron chi connectivity index (χ1n) is 7.26. The number of nitrogens with two attached hydrogens (primary N) is 1. The van der Waals surface area contributed by atoms with Crippen LogP contribution < -0.4 is 5.73 Å². The molecule has 2 aromatic rings. The second-order valence-corrected chi connectivity index (χ2v) is 6.64. The van der Waals surface area contributed by atoms with E-state index in [0.717, 1.165) is 10.4 Å². The van der Waals surface area contributed by atoms with Gasteiger partial charge in [-0.05, 0) is 54.0 Å². The summed E-state index contributed by atoms with van der Waals surface area (Å²) in [6.45, 7) is 2.10. The maximum absolute atomic E-state index is 6.39. The average Bonchev–Trinajstić information content (AvgIpc) is 2.40. The molecule has 3 rings (SSSR count). The zero-order valence-corrected chi connectivity index (χ0v) is 13.4. The zero-order chi connectivity index (χ0) is 14.1. The molecule has 2 heteroatoms. The van der Waals surface area contributed by atoms with Gasteiger partial charge in [-0.15, -0.1) is 0 Å². The van der Waals surface area contributed by atoms with Crippen LogP contribution in [-0.2, 0) is 0 Å². The maximum atomic E-state index is 6.39. The Hall–Kier alpha value is -1.12. The quantitative estimate of drug-likeness (QED) is 0.835. The molecule has 0 spiro atoms. The topological polar surface area (TPSA) is 26.0 Å². The van der Waals surface area contributed by atoms with Crippen molar-refractivity contribution in [2.75, 3.05) is 0 Å². The number of aryl methyl sites for hydroxylation is 1. The molecule has 0 aliphatic heterocycles. The molecule has 1 atom stereocenters. The van der Waals surface area contributed by atoms with Crippen LogP contribution in [0.4, 0.5) is 0 Å². The molecule has 0 amide bonds. The normalized spacial score (nSPS) is 16.8. The van der Waals surface area contributed by atoms with E-state index in [4.69, 9.17) is 5.73 Å². The molecule has 1 nitrogen and oxygen atoms in total. The molecular weight excluding hydrogens is 310 g/mol. The standard InChI is InChI=1S/C18H20BrN/c1-12-11-16(9-10-17(12)19)18(20)15-7-5-14(6-8-15)13-3-2-4-13/h5-11,13,18H,2-4,20H2,1H3. The van der Waals surface area contributed by atoms with Crippen molar-refractivity contribution >= 4 is 15.9 Å². The third-order valence-electron chi connectivity index (χ3n) is 4.41. The monoisotopic (exact) mass is 329 g/mol. The Morgan fingerprint density at radius 1 is 1.05 bits per heavy atom. The molecule has 0 saturated heterocycles. The Morgan fingerprint density at radius 2 is 1.70 bits per heavy atom. The van der Waals surface area contributed by atoms with Crippen molar-refractivity contribution in [1.29, 1.82) is 0 Å². The summed E-state index contributed by atoms with van der Waals surface area (Å²) in [5.41, 5.74) is 11.4. The van der Waals surface area contributed by atoms with E-state index in [-0.39, 0.29) is 6.04 Å². The summed E-state index contributed by atoms with van der Waals surface area (Å²) in [5, 5.41) is 0. The molecule has 104 valence electrons. The maximum Gasteiger partial charge on any atom is 0.0551 e. The van der Waals surface area contributed by atoms with Gasteiger partial charge in [0.1, 0.15) is 0 Å². The smallest absolute Gasteiger partial charge is 0.0551 e. The molecule has 0 bridgehead atoms. The summed E-state index contributed by atoms with van der Waals surface area (Å²) in [6, 6.07) is 15.2. The van der Waals surface area contributed by atoms with Crippen molar-refractivity contribution in [2.45, 2.75) is 38.1 Å². The lowest BCUT2D eigenvalue weighted by Crippen LogP contribution is -2.13. The molecule has 0 aromatic heterocycles. The van der Waals surface area contributed by atoms with Crippen molar-refractivity contribution in [1.82, 2.24) is 0 Å². The van der Waals surface area contributed by atoms with E-state index in [0.29, 0.717) is 0 Å². The highest BCUT2D eigenvalue weighted by Gasteiger charge is 2.19. The zero-order valence-electron chi connectivity index (χ0n) is 11.8. The Balaban J connectivity index is 1.82. The van der Waals surface area contributed by atoms with Gasteiger partial charge < -0.3 is 5.73 Å². The summed E-state index contributed by atoms with van der Waals surface area (Å²) < 4.78 is 1.13. The fourth-order valence-corrected chi connectivity index (χ4v) is 3.02. The van der Waals surface area contributed by atoms with Crippen molar-refractivity contribution in [3.05, 3.63) is 69.2 Å². The van der Waals surface area contributed by atoms with Gasteiger partial charge in [0.25, 0.3) is 0 Å². The van der Waals surface area contributed by atoms with Gasteiger partial charge in [0.05, 0.1) is 6.04 Å². The van der Waals surface area contributed by atoms with Gasteiger partial charge in [-0.2, -0.15) is 0 Å². The van der Waals surface area contributed by atoms with Gasteiger partial charge in [0, 0.05) is 4.47 Å². The molecular formula is C18H20BrN. The minimum atomic E-state index is -0.0442. The Kier molecular flexibility index (Phi) is 3.95. The summed E-state index contributed by atoms with van der Waals surface area (Å²) in [4.78, 5) is 0. The van der Waals surface area contributed by atoms with Crippen LogP contribution in [0.25, 0.3) is 0 Å². The molecule has 1 saturated carbocycles. The van der Waals surface area contributed by atoms with Gasteiger partial charge in [0.2, 0.25) is 0 Å². The molecule has 2 aromatic carbocycles. The van der Waals surface area contributed by atoms with E-state index in [9.17, 15) is 0 Å². The highest BCUT2D eigenvalue weighted by atomic mass is 79.9. The van der Waals surface area contributed by atoms with Crippen LogP contribution in [0.15, 0.2) is 46.9 Å². The Labute approximate surface area is 129 Å². The Bertz CT molecular complexity index is 599. The fourth-order valence-electron chi connectivity index (χ4n) is 2.77. The minimum absolute atomic E-state index is 0.0442. The number of benzene rings is 2. The third-order valence-corrected chi connectivity index (χ3v) is 5.30. The van der Waals surface area contributed by atoms with Crippen molar-refractivity contribution in [2.24, 2.45) is 5.73 Å². The van der Waals surface area contributed by atoms with Crippen LogP contribution in [0.3, 0.4) is 0 Å². The molecule has 20 heavy (non-hydrogen) atoms. The largest absolute Gasteiger partial charge is 0.320 e. The van der Waals surface area contributed by atoms with Crippen molar-refractivity contribution < 1.29 is 0 Å². The van der Waals surface area contributed by atoms with E-state index in [1.165, 1.54) is 41.5 Å². The molecule has 0 heterocycles. The number of hydrogen-bond acceptors (Lipinski definition) is 1.